The normalized spacial score (nSPS) is 16.2. The van der Waals surface area contributed by atoms with Crippen molar-refractivity contribution in [2.24, 2.45) is 5.92 Å². The lowest BCUT2D eigenvalue weighted by atomic mass is 10.4. The van der Waals surface area contributed by atoms with E-state index < -0.39 is 8.56 Å². The summed E-state index contributed by atoms with van der Waals surface area (Å²) in [5.74, 6) is 0.153. The third-order valence-electron chi connectivity index (χ3n) is 2.90. The standard InChI is InChI=1S/C14H28O4Si/c1-11(2)17-19(5,18-12(3)4)10-6-9-16-14(15)13-7-8-13/h11-13H,6-10H2,1-5H3. The van der Waals surface area contributed by atoms with Crippen LogP contribution < -0.4 is 0 Å². The molecule has 4 nitrogen and oxygen atoms in total. The minimum atomic E-state index is -2.15. The van der Waals surface area contributed by atoms with Gasteiger partial charge in [-0.25, -0.2) is 0 Å². The molecule has 0 aromatic carbocycles. The van der Waals surface area contributed by atoms with Crippen LogP contribution in [0.1, 0.15) is 47.0 Å². The van der Waals surface area contributed by atoms with Crippen molar-refractivity contribution in [2.75, 3.05) is 6.61 Å². The molecular weight excluding hydrogens is 260 g/mol. The first-order valence-electron chi connectivity index (χ1n) is 7.34. The Morgan fingerprint density at radius 3 is 2.11 bits per heavy atom. The highest BCUT2D eigenvalue weighted by Gasteiger charge is 2.34. The van der Waals surface area contributed by atoms with E-state index in [1.54, 1.807) is 0 Å². The maximum Gasteiger partial charge on any atom is 0.335 e. The summed E-state index contributed by atoms with van der Waals surface area (Å²) < 4.78 is 17.2. The minimum Gasteiger partial charge on any atom is -0.465 e. The van der Waals surface area contributed by atoms with E-state index in [4.69, 9.17) is 13.6 Å². The van der Waals surface area contributed by atoms with Crippen molar-refractivity contribution < 1.29 is 18.4 Å². The summed E-state index contributed by atoms with van der Waals surface area (Å²) in [5, 5.41) is 0. The van der Waals surface area contributed by atoms with Gasteiger partial charge in [0.15, 0.2) is 0 Å². The molecule has 0 amide bonds. The fourth-order valence-electron chi connectivity index (χ4n) is 2.15. The molecule has 1 saturated carbocycles. The number of carbonyl (C=O) groups excluding carboxylic acids is 1. The van der Waals surface area contributed by atoms with Gasteiger partial charge in [0.05, 0.1) is 12.5 Å². The topological polar surface area (TPSA) is 44.8 Å². The Kier molecular flexibility index (Phi) is 6.49. The summed E-state index contributed by atoms with van der Waals surface area (Å²) in [6, 6.07) is 0.862. The average Bonchev–Trinajstić information content (AvgIpc) is 3.05. The second-order valence-electron chi connectivity index (χ2n) is 6.01. The van der Waals surface area contributed by atoms with Crippen molar-refractivity contribution >= 4 is 14.5 Å². The smallest absolute Gasteiger partial charge is 0.335 e. The van der Waals surface area contributed by atoms with Gasteiger partial charge in [0.2, 0.25) is 0 Å². The number of carbonyl (C=O) groups is 1. The zero-order valence-corrected chi connectivity index (χ0v) is 13.9. The molecule has 0 atom stereocenters. The Balaban J connectivity index is 2.28. The molecule has 1 aliphatic rings. The number of esters is 1. The summed E-state index contributed by atoms with van der Waals surface area (Å²) in [6.07, 6.45) is 3.16. The maximum atomic E-state index is 11.4. The van der Waals surface area contributed by atoms with Gasteiger partial charge < -0.3 is 13.6 Å². The molecule has 19 heavy (non-hydrogen) atoms. The zero-order chi connectivity index (χ0) is 14.5. The second-order valence-corrected chi connectivity index (χ2v) is 9.25. The summed E-state index contributed by atoms with van der Waals surface area (Å²) in [6.45, 7) is 10.7. The third kappa shape index (κ3) is 7.08. The molecule has 0 spiro atoms. The average molecular weight is 288 g/mol. The van der Waals surface area contributed by atoms with E-state index in [1.807, 2.05) is 27.7 Å². The van der Waals surface area contributed by atoms with E-state index in [-0.39, 0.29) is 24.1 Å². The van der Waals surface area contributed by atoms with Crippen LogP contribution in [0.2, 0.25) is 12.6 Å². The van der Waals surface area contributed by atoms with Crippen molar-refractivity contribution in [3.05, 3.63) is 0 Å². The molecule has 112 valence electrons. The van der Waals surface area contributed by atoms with Gasteiger partial charge in [-0.05, 0) is 59.5 Å². The van der Waals surface area contributed by atoms with Crippen molar-refractivity contribution in [3.8, 4) is 0 Å². The first-order valence-corrected chi connectivity index (χ1v) is 9.87. The Labute approximate surface area is 118 Å². The molecule has 0 aromatic rings. The summed E-state index contributed by atoms with van der Waals surface area (Å²) in [4.78, 5) is 11.4. The van der Waals surface area contributed by atoms with Crippen LogP contribution in [0, 0.1) is 5.92 Å². The van der Waals surface area contributed by atoms with Gasteiger partial charge in [-0.1, -0.05) is 0 Å². The van der Waals surface area contributed by atoms with E-state index >= 15 is 0 Å². The lowest BCUT2D eigenvalue weighted by Crippen LogP contribution is -2.43. The van der Waals surface area contributed by atoms with Gasteiger partial charge in [-0.2, -0.15) is 0 Å². The summed E-state index contributed by atoms with van der Waals surface area (Å²) >= 11 is 0. The third-order valence-corrected chi connectivity index (χ3v) is 6.10. The van der Waals surface area contributed by atoms with Gasteiger partial charge in [0.1, 0.15) is 0 Å². The Hall–Kier alpha value is -0.393. The molecule has 0 radical (unpaired) electrons. The highest BCUT2D eigenvalue weighted by Crippen LogP contribution is 2.30. The monoisotopic (exact) mass is 288 g/mol. The van der Waals surface area contributed by atoms with Gasteiger partial charge in [0, 0.05) is 12.2 Å². The first kappa shape index (κ1) is 16.7. The van der Waals surface area contributed by atoms with Crippen molar-refractivity contribution in [2.45, 2.75) is 71.8 Å². The van der Waals surface area contributed by atoms with Gasteiger partial charge in [0.25, 0.3) is 0 Å². The van der Waals surface area contributed by atoms with Crippen molar-refractivity contribution in [3.63, 3.8) is 0 Å². The van der Waals surface area contributed by atoms with E-state index in [2.05, 4.69) is 6.55 Å². The van der Waals surface area contributed by atoms with Crippen LogP contribution in [0.15, 0.2) is 0 Å². The van der Waals surface area contributed by atoms with E-state index in [0.29, 0.717) is 6.61 Å². The Morgan fingerprint density at radius 1 is 1.16 bits per heavy atom. The summed E-state index contributed by atoms with van der Waals surface area (Å²) in [5.41, 5.74) is 0. The molecule has 5 heteroatoms. The lowest BCUT2D eigenvalue weighted by Gasteiger charge is -2.31. The second kappa shape index (κ2) is 7.41. The highest BCUT2D eigenvalue weighted by atomic mass is 28.4. The predicted octanol–water partition coefficient (Wildman–Crippen LogP) is 3.25. The molecule has 0 bridgehead atoms. The number of hydrogen-bond donors (Lipinski definition) is 0. The van der Waals surface area contributed by atoms with Crippen LogP contribution in [0.5, 0.6) is 0 Å². The van der Waals surface area contributed by atoms with E-state index in [0.717, 1.165) is 25.3 Å². The van der Waals surface area contributed by atoms with Crippen LogP contribution in [0.4, 0.5) is 0 Å². The predicted molar refractivity (Wildman–Crippen MR) is 77.2 cm³/mol. The first-order chi connectivity index (χ1) is 8.82. The molecule has 0 aliphatic heterocycles. The molecule has 0 unspecified atom stereocenters. The summed E-state index contributed by atoms with van der Waals surface area (Å²) in [7, 11) is -2.15. The fraction of sp³-hybridized carbons (Fsp3) is 0.929. The lowest BCUT2D eigenvalue weighted by molar-refractivity contribution is -0.145. The van der Waals surface area contributed by atoms with Gasteiger partial charge in [-0.3, -0.25) is 4.79 Å². The highest BCUT2D eigenvalue weighted by molar-refractivity contribution is 6.66. The molecule has 1 rings (SSSR count). The van der Waals surface area contributed by atoms with E-state index in [1.165, 1.54) is 0 Å². The zero-order valence-electron chi connectivity index (χ0n) is 12.9. The fourth-order valence-corrected chi connectivity index (χ4v) is 5.22. The molecule has 1 fully saturated rings. The molecular formula is C14H28O4Si. The molecule has 1 aliphatic carbocycles. The number of ether oxygens (including phenoxy) is 1. The van der Waals surface area contributed by atoms with Gasteiger partial charge in [-0.15, -0.1) is 0 Å². The molecule has 0 heterocycles. The minimum absolute atomic E-state index is 0.0297. The van der Waals surface area contributed by atoms with Crippen molar-refractivity contribution in [1.82, 2.24) is 0 Å². The van der Waals surface area contributed by atoms with Crippen LogP contribution in [-0.2, 0) is 18.4 Å². The molecule has 0 aromatic heterocycles. The van der Waals surface area contributed by atoms with Crippen LogP contribution in [0.25, 0.3) is 0 Å². The Morgan fingerprint density at radius 2 is 1.68 bits per heavy atom. The van der Waals surface area contributed by atoms with Crippen LogP contribution in [-0.4, -0.2) is 33.3 Å². The van der Waals surface area contributed by atoms with Crippen molar-refractivity contribution in [1.29, 1.82) is 0 Å². The number of hydrogen-bond acceptors (Lipinski definition) is 4. The van der Waals surface area contributed by atoms with Crippen LogP contribution >= 0.6 is 0 Å². The van der Waals surface area contributed by atoms with E-state index in [9.17, 15) is 4.79 Å². The molecule has 0 N–H and O–H groups in total. The largest absolute Gasteiger partial charge is 0.465 e. The SMILES string of the molecule is CC(C)O[Si](C)(CCCOC(=O)C1CC1)OC(C)C. The van der Waals surface area contributed by atoms with Gasteiger partial charge >= 0.3 is 14.5 Å². The number of rotatable bonds is 9. The molecule has 0 saturated heterocycles. The van der Waals surface area contributed by atoms with Crippen LogP contribution in [0.3, 0.4) is 0 Å². The Bertz CT molecular complexity index is 277. The quantitative estimate of drug-likeness (QED) is 0.371. The maximum absolute atomic E-state index is 11.4.